The SMILES string of the molecule is CCOC1(C(NN)c2cccc(F)c2)CCCCCC1. The smallest absolute Gasteiger partial charge is 0.123 e. The van der Waals surface area contributed by atoms with E-state index in [4.69, 9.17) is 10.6 Å². The van der Waals surface area contributed by atoms with Gasteiger partial charge in [-0.25, -0.2) is 4.39 Å². The first-order chi connectivity index (χ1) is 9.72. The van der Waals surface area contributed by atoms with Crippen molar-refractivity contribution >= 4 is 0 Å². The summed E-state index contributed by atoms with van der Waals surface area (Å²) in [6.07, 6.45) is 6.66. The molecule has 0 radical (unpaired) electrons. The molecule has 1 aromatic rings. The van der Waals surface area contributed by atoms with Crippen LogP contribution in [-0.2, 0) is 4.74 Å². The third-order valence-electron chi connectivity index (χ3n) is 4.26. The normalized spacial score (nSPS) is 20.4. The van der Waals surface area contributed by atoms with Crippen molar-refractivity contribution in [1.29, 1.82) is 0 Å². The fourth-order valence-corrected chi connectivity index (χ4v) is 3.37. The molecule has 0 aliphatic heterocycles. The van der Waals surface area contributed by atoms with E-state index in [1.165, 1.54) is 18.9 Å². The van der Waals surface area contributed by atoms with Gasteiger partial charge in [0, 0.05) is 6.61 Å². The molecule has 1 aliphatic carbocycles. The number of hydrogen-bond donors (Lipinski definition) is 2. The van der Waals surface area contributed by atoms with Gasteiger partial charge < -0.3 is 4.74 Å². The van der Waals surface area contributed by atoms with Crippen molar-refractivity contribution in [2.75, 3.05) is 6.61 Å². The van der Waals surface area contributed by atoms with Gasteiger partial charge in [-0.3, -0.25) is 11.3 Å². The van der Waals surface area contributed by atoms with E-state index in [0.29, 0.717) is 6.61 Å². The van der Waals surface area contributed by atoms with Crippen molar-refractivity contribution in [3.63, 3.8) is 0 Å². The Morgan fingerprint density at radius 3 is 2.55 bits per heavy atom. The van der Waals surface area contributed by atoms with Crippen LogP contribution in [0.2, 0.25) is 0 Å². The molecule has 1 saturated carbocycles. The summed E-state index contributed by atoms with van der Waals surface area (Å²) in [5.41, 5.74) is 3.42. The zero-order valence-electron chi connectivity index (χ0n) is 12.2. The lowest BCUT2D eigenvalue weighted by atomic mass is 9.82. The number of nitrogens with one attached hydrogen (secondary N) is 1. The van der Waals surface area contributed by atoms with Crippen molar-refractivity contribution in [2.24, 2.45) is 5.84 Å². The molecule has 2 rings (SSSR count). The van der Waals surface area contributed by atoms with Crippen LogP contribution in [0.5, 0.6) is 0 Å². The number of ether oxygens (including phenoxy) is 1. The van der Waals surface area contributed by atoms with Crippen LogP contribution in [0.15, 0.2) is 24.3 Å². The molecule has 4 heteroatoms. The second-order valence-electron chi connectivity index (χ2n) is 5.57. The molecule has 0 spiro atoms. The quantitative estimate of drug-likeness (QED) is 0.493. The number of halogens is 1. The largest absolute Gasteiger partial charge is 0.373 e. The number of hydrazine groups is 1. The van der Waals surface area contributed by atoms with E-state index in [1.807, 2.05) is 13.0 Å². The van der Waals surface area contributed by atoms with E-state index in [1.54, 1.807) is 12.1 Å². The maximum atomic E-state index is 13.5. The van der Waals surface area contributed by atoms with Crippen LogP contribution >= 0.6 is 0 Å². The molecule has 20 heavy (non-hydrogen) atoms. The average Bonchev–Trinajstić information content (AvgIpc) is 2.66. The van der Waals surface area contributed by atoms with Crippen LogP contribution in [0, 0.1) is 5.82 Å². The molecular weight excluding hydrogens is 255 g/mol. The van der Waals surface area contributed by atoms with Gasteiger partial charge in [-0.15, -0.1) is 0 Å². The monoisotopic (exact) mass is 280 g/mol. The minimum atomic E-state index is -0.326. The first-order valence-electron chi connectivity index (χ1n) is 7.57. The van der Waals surface area contributed by atoms with E-state index in [9.17, 15) is 4.39 Å². The fraction of sp³-hybridized carbons (Fsp3) is 0.625. The van der Waals surface area contributed by atoms with Crippen LogP contribution in [0.25, 0.3) is 0 Å². The lowest BCUT2D eigenvalue weighted by Crippen LogP contribution is -2.48. The Hall–Kier alpha value is -0.970. The van der Waals surface area contributed by atoms with E-state index >= 15 is 0 Å². The number of benzene rings is 1. The standard InChI is InChI=1S/C16H25FN2O/c1-2-20-16(10-5-3-4-6-11-16)15(19-18)13-8-7-9-14(17)12-13/h7-9,12,15,19H,2-6,10-11,18H2,1H3. The Labute approximate surface area is 120 Å². The Morgan fingerprint density at radius 1 is 1.30 bits per heavy atom. The van der Waals surface area contributed by atoms with Crippen LogP contribution in [-0.4, -0.2) is 12.2 Å². The maximum Gasteiger partial charge on any atom is 0.123 e. The van der Waals surface area contributed by atoms with Crippen molar-refractivity contribution in [2.45, 2.75) is 57.1 Å². The Kier molecular flexibility index (Phi) is 5.52. The van der Waals surface area contributed by atoms with E-state index in [2.05, 4.69) is 5.43 Å². The summed E-state index contributed by atoms with van der Waals surface area (Å²) in [5, 5.41) is 0. The lowest BCUT2D eigenvalue weighted by molar-refractivity contribution is -0.0783. The van der Waals surface area contributed by atoms with Crippen LogP contribution in [0.3, 0.4) is 0 Å². The minimum absolute atomic E-state index is 0.170. The van der Waals surface area contributed by atoms with Crippen LogP contribution < -0.4 is 11.3 Å². The second-order valence-corrected chi connectivity index (χ2v) is 5.57. The van der Waals surface area contributed by atoms with Crippen LogP contribution in [0.4, 0.5) is 4.39 Å². The summed E-state index contributed by atoms with van der Waals surface area (Å²) in [7, 11) is 0. The summed E-state index contributed by atoms with van der Waals surface area (Å²) >= 11 is 0. The van der Waals surface area contributed by atoms with Gasteiger partial charge in [-0.1, -0.05) is 37.8 Å². The minimum Gasteiger partial charge on any atom is -0.373 e. The predicted octanol–water partition coefficient (Wildman–Crippen LogP) is 3.46. The molecule has 3 nitrogen and oxygen atoms in total. The van der Waals surface area contributed by atoms with Gasteiger partial charge in [0.2, 0.25) is 0 Å². The van der Waals surface area contributed by atoms with Crippen molar-refractivity contribution in [3.8, 4) is 0 Å². The summed E-state index contributed by atoms with van der Waals surface area (Å²) < 4.78 is 19.6. The third kappa shape index (κ3) is 3.37. The molecule has 0 aromatic heterocycles. The fourth-order valence-electron chi connectivity index (χ4n) is 3.37. The molecule has 1 atom stereocenters. The summed E-state index contributed by atoms with van der Waals surface area (Å²) in [5.74, 6) is 5.57. The molecule has 0 heterocycles. The number of nitrogens with two attached hydrogens (primary N) is 1. The van der Waals surface area contributed by atoms with Gasteiger partial charge in [0.15, 0.2) is 0 Å². The average molecular weight is 280 g/mol. The van der Waals surface area contributed by atoms with Gasteiger partial charge >= 0.3 is 0 Å². The highest BCUT2D eigenvalue weighted by molar-refractivity contribution is 5.23. The second kappa shape index (κ2) is 7.16. The topological polar surface area (TPSA) is 47.3 Å². The van der Waals surface area contributed by atoms with Gasteiger partial charge in [0.1, 0.15) is 5.82 Å². The molecule has 1 aromatic carbocycles. The highest BCUT2D eigenvalue weighted by atomic mass is 19.1. The molecule has 0 amide bonds. The number of rotatable bonds is 5. The third-order valence-corrected chi connectivity index (χ3v) is 4.26. The first kappa shape index (κ1) is 15.4. The predicted molar refractivity (Wildman–Crippen MR) is 78.5 cm³/mol. The van der Waals surface area contributed by atoms with E-state index in [0.717, 1.165) is 31.2 Å². The molecule has 112 valence electrons. The van der Waals surface area contributed by atoms with Crippen molar-refractivity contribution < 1.29 is 9.13 Å². The first-order valence-corrected chi connectivity index (χ1v) is 7.57. The van der Waals surface area contributed by atoms with E-state index in [-0.39, 0.29) is 17.5 Å². The Bertz CT molecular complexity index is 417. The summed E-state index contributed by atoms with van der Waals surface area (Å²) in [6, 6.07) is 6.48. The molecule has 0 saturated heterocycles. The van der Waals surface area contributed by atoms with Crippen LogP contribution in [0.1, 0.15) is 57.1 Å². The van der Waals surface area contributed by atoms with Gasteiger partial charge in [-0.05, 0) is 37.5 Å². The van der Waals surface area contributed by atoms with Gasteiger partial charge in [0.25, 0.3) is 0 Å². The maximum absolute atomic E-state index is 13.5. The highest BCUT2D eigenvalue weighted by Crippen LogP contribution is 2.40. The van der Waals surface area contributed by atoms with Gasteiger partial charge in [0.05, 0.1) is 11.6 Å². The molecule has 1 aliphatic rings. The van der Waals surface area contributed by atoms with E-state index < -0.39 is 0 Å². The molecule has 1 unspecified atom stereocenters. The molecular formula is C16H25FN2O. The molecule has 1 fully saturated rings. The Balaban J connectivity index is 2.33. The molecule has 0 bridgehead atoms. The van der Waals surface area contributed by atoms with Crippen molar-refractivity contribution in [1.82, 2.24) is 5.43 Å². The lowest BCUT2D eigenvalue weighted by Gasteiger charge is -2.40. The van der Waals surface area contributed by atoms with Crippen molar-refractivity contribution in [3.05, 3.63) is 35.6 Å². The highest BCUT2D eigenvalue weighted by Gasteiger charge is 2.40. The zero-order valence-corrected chi connectivity index (χ0v) is 12.2. The Morgan fingerprint density at radius 2 is 2.00 bits per heavy atom. The molecule has 3 N–H and O–H groups in total. The summed E-state index contributed by atoms with van der Waals surface area (Å²) in [4.78, 5) is 0. The zero-order chi connectivity index (χ0) is 14.4. The number of hydrogen-bond acceptors (Lipinski definition) is 3. The van der Waals surface area contributed by atoms with Gasteiger partial charge in [-0.2, -0.15) is 0 Å². The summed E-state index contributed by atoms with van der Waals surface area (Å²) in [6.45, 7) is 2.65.